The first-order chi connectivity index (χ1) is 15.9. The summed E-state index contributed by atoms with van der Waals surface area (Å²) >= 11 is 1.23. The number of benzene rings is 2. The molecule has 0 spiro atoms. The molecule has 4 aromatic rings. The van der Waals surface area contributed by atoms with Gasteiger partial charge in [0.2, 0.25) is 5.82 Å². The first kappa shape index (κ1) is 22.8. The molecular weight excluding hydrogens is 462 g/mol. The zero-order valence-electron chi connectivity index (χ0n) is 18.4. The molecule has 2 aromatic heterocycles. The van der Waals surface area contributed by atoms with Crippen molar-refractivity contribution >= 4 is 27.0 Å². The highest BCUT2D eigenvalue weighted by molar-refractivity contribution is 7.93. The molecule has 0 bridgehead atoms. The van der Waals surface area contributed by atoms with Gasteiger partial charge in [0.15, 0.2) is 0 Å². The van der Waals surface area contributed by atoms with Crippen molar-refractivity contribution in [3.05, 3.63) is 60.0 Å². The molecule has 4 rings (SSSR count). The SMILES string of the molecule is CCOc1ccc(-c2noc(-c3sccc3S(=O)(=O)N(C)c3ccc(OCC)cc3)n2)cc1. The Bertz CT molecular complexity index is 1310. The second kappa shape index (κ2) is 9.63. The van der Waals surface area contributed by atoms with E-state index >= 15 is 0 Å². The molecule has 0 aliphatic carbocycles. The molecule has 0 fully saturated rings. The molecule has 2 aromatic carbocycles. The van der Waals surface area contributed by atoms with Crippen LogP contribution in [0.3, 0.4) is 0 Å². The number of rotatable bonds is 9. The van der Waals surface area contributed by atoms with Crippen LogP contribution >= 0.6 is 11.3 Å². The molecule has 0 saturated carbocycles. The van der Waals surface area contributed by atoms with Gasteiger partial charge in [-0.1, -0.05) is 5.16 Å². The largest absolute Gasteiger partial charge is 0.494 e. The maximum Gasteiger partial charge on any atom is 0.269 e. The predicted octanol–water partition coefficient (Wildman–Crippen LogP) is 5.09. The fourth-order valence-corrected chi connectivity index (χ4v) is 5.67. The van der Waals surface area contributed by atoms with Gasteiger partial charge < -0.3 is 14.0 Å². The summed E-state index contributed by atoms with van der Waals surface area (Å²) in [6.07, 6.45) is 0. The predicted molar refractivity (Wildman–Crippen MR) is 127 cm³/mol. The van der Waals surface area contributed by atoms with Crippen LogP contribution in [0.15, 0.2) is 69.4 Å². The monoisotopic (exact) mass is 485 g/mol. The van der Waals surface area contributed by atoms with E-state index in [4.69, 9.17) is 14.0 Å². The molecule has 0 amide bonds. The molecule has 0 aliphatic rings. The Kier molecular flexibility index (Phi) is 6.66. The Morgan fingerprint density at radius 1 is 0.939 bits per heavy atom. The third-order valence-electron chi connectivity index (χ3n) is 4.82. The summed E-state index contributed by atoms with van der Waals surface area (Å²) in [6, 6.07) is 15.7. The number of hydrogen-bond donors (Lipinski definition) is 0. The van der Waals surface area contributed by atoms with E-state index in [2.05, 4.69) is 10.1 Å². The Morgan fingerprint density at radius 3 is 2.15 bits per heavy atom. The quantitative estimate of drug-likeness (QED) is 0.326. The lowest BCUT2D eigenvalue weighted by atomic mass is 10.2. The van der Waals surface area contributed by atoms with Crippen LogP contribution in [0, 0.1) is 0 Å². The van der Waals surface area contributed by atoms with Crippen molar-refractivity contribution in [1.29, 1.82) is 0 Å². The van der Waals surface area contributed by atoms with Gasteiger partial charge in [-0.2, -0.15) is 4.98 Å². The summed E-state index contributed by atoms with van der Waals surface area (Å²) in [6.45, 7) is 4.92. The first-order valence-electron chi connectivity index (χ1n) is 10.3. The molecule has 172 valence electrons. The van der Waals surface area contributed by atoms with Crippen LogP contribution in [0.2, 0.25) is 0 Å². The highest BCUT2D eigenvalue weighted by atomic mass is 32.2. The summed E-state index contributed by atoms with van der Waals surface area (Å²) < 4.78 is 44.3. The molecule has 0 N–H and O–H groups in total. The maximum atomic E-state index is 13.4. The number of aromatic nitrogens is 2. The van der Waals surface area contributed by atoms with E-state index in [1.165, 1.54) is 22.7 Å². The van der Waals surface area contributed by atoms with E-state index in [1.54, 1.807) is 35.7 Å². The first-order valence-corrected chi connectivity index (χ1v) is 12.6. The van der Waals surface area contributed by atoms with Gasteiger partial charge >= 0.3 is 0 Å². The summed E-state index contributed by atoms with van der Waals surface area (Å²) in [5.41, 5.74) is 1.25. The van der Waals surface area contributed by atoms with E-state index in [-0.39, 0.29) is 10.8 Å². The standard InChI is InChI=1S/C23H23N3O5S2/c1-4-29-18-10-6-16(7-11-18)22-24-23(31-25-22)21-20(14-15-32-21)33(27,28)26(3)17-8-12-19(13-9-17)30-5-2/h6-15H,4-5H2,1-3H3. The summed E-state index contributed by atoms with van der Waals surface area (Å²) in [5.74, 6) is 1.93. The smallest absolute Gasteiger partial charge is 0.269 e. The third-order valence-corrected chi connectivity index (χ3v) is 7.68. The minimum Gasteiger partial charge on any atom is -0.494 e. The van der Waals surface area contributed by atoms with E-state index in [1.807, 2.05) is 38.1 Å². The molecule has 0 saturated heterocycles. The van der Waals surface area contributed by atoms with Crippen LogP contribution in [-0.4, -0.2) is 38.8 Å². The highest BCUT2D eigenvalue weighted by Crippen LogP contribution is 2.36. The van der Waals surface area contributed by atoms with Gasteiger partial charge in [0.05, 0.1) is 18.9 Å². The number of sulfonamides is 1. The minimum atomic E-state index is -3.86. The van der Waals surface area contributed by atoms with Crippen LogP contribution in [-0.2, 0) is 10.0 Å². The van der Waals surface area contributed by atoms with Crippen molar-refractivity contribution in [3.63, 3.8) is 0 Å². The van der Waals surface area contributed by atoms with E-state index in [0.29, 0.717) is 35.4 Å². The molecule has 0 atom stereocenters. The lowest BCUT2D eigenvalue weighted by Gasteiger charge is -2.19. The zero-order chi connectivity index (χ0) is 23.4. The van der Waals surface area contributed by atoms with Gasteiger partial charge in [-0.3, -0.25) is 4.31 Å². The van der Waals surface area contributed by atoms with Crippen molar-refractivity contribution in [1.82, 2.24) is 10.1 Å². The van der Waals surface area contributed by atoms with Crippen LogP contribution in [0.5, 0.6) is 11.5 Å². The summed E-state index contributed by atoms with van der Waals surface area (Å²) in [4.78, 5) is 4.92. The Labute approximate surface area is 196 Å². The normalized spacial score (nSPS) is 11.4. The highest BCUT2D eigenvalue weighted by Gasteiger charge is 2.28. The molecule has 8 nitrogen and oxygen atoms in total. The molecule has 0 unspecified atom stereocenters. The van der Waals surface area contributed by atoms with Crippen molar-refractivity contribution in [3.8, 4) is 33.7 Å². The molecule has 33 heavy (non-hydrogen) atoms. The number of nitrogens with zero attached hydrogens (tertiary/aromatic N) is 3. The van der Waals surface area contributed by atoms with Crippen molar-refractivity contribution < 1.29 is 22.4 Å². The molecule has 10 heteroatoms. The number of anilines is 1. The fraction of sp³-hybridized carbons (Fsp3) is 0.217. The average Bonchev–Trinajstić information content (AvgIpc) is 3.50. The molecule has 2 heterocycles. The second-order valence-corrected chi connectivity index (χ2v) is 9.75. The number of hydrogen-bond acceptors (Lipinski definition) is 8. The van der Waals surface area contributed by atoms with Crippen molar-refractivity contribution in [2.75, 3.05) is 24.6 Å². The lowest BCUT2D eigenvalue weighted by molar-refractivity contribution is 0.340. The summed E-state index contributed by atoms with van der Waals surface area (Å²) in [5, 5.41) is 5.72. The molecule has 0 aliphatic heterocycles. The Balaban J connectivity index is 1.61. The van der Waals surface area contributed by atoms with Crippen molar-refractivity contribution in [2.24, 2.45) is 0 Å². The fourth-order valence-electron chi connectivity index (χ4n) is 3.16. The zero-order valence-corrected chi connectivity index (χ0v) is 20.0. The van der Waals surface area contributed by atoms with Crippen LogP contribution in [0.4, 0.5) is 5.69 Å². The molecule has 0 radical (unpaired) electrons. The third kappa shape index (κ3) is 4.71. The van der Waals surface area contributed by atoms with Gasteiger partial charge in [-0.05, 0) is 73.8 Å². The Morgan fingerprint density at radius 2 is 1.55 bits per heavy atom. The number of ether oxygens (including phenoxy) is 2. The van der Waals surface area contributed by atoms with Gasteiger partial charge in [0.25, 0.3) is 15.9 Å². The van der Waals surface area contributed by atoms with E-state index < -0.39 is 10.0 Å². The maximum absolute atomic E-state index is 13.4. The van der Waals surface area contributed by atoms with Gasteiger partial charge in [-0.25, -0.2) is 8.42 Å². The van der Waals surface area contributed by atoms with Crippen LogP contribution in [0.1, 0.15) is 13.8 Å². The van der Waals surface area contributed by atoms with Crippen LogP contribution < -0.4 is 13.8 Å². The second-order valence-electron chi connectivity index (χ2n) is 6.89. The topological polar surface area (TPSA) is 94.8 Å². The van der Waals surface area contributed by atoms with Gasteiger partial charge in [0.1, 0.15) is 21.3 Å². The van der Waals surface area contributed by atoms with E-state index in [0.717, 1.165) is 11.3 Å². The van der Waals surface area contributed by atoms with Gasteiger partial charge in [-0.15, -0.1) is 11.3 Å². The molecular formula is C23H23N3O5S2. The van der Waals surface area contributed by atoms with Crippen molar-refractivity contribution in [2.45, 2.75) is 18.7 Å². The van der Waals surface area contributed by atoms with Crippen LogP contribution in [0.25, 0.3) is 22.2 Å². The van der Waals surface area contributed by atoms with Gasteiger partial charge in [0, 0.05) is 12.6 Å². The summed E-state index contributed by atoms with van der Waals surface area (Å²) in [7, 11) is -2.36. The van der Waals surface area contributed by atoms with E-state index in [9.17, 15) is 8.42 Å². The Hall–Kier alpha value is -3.37. The number of thiophene rings is 1. The lowest BCUT2D eigenvalue weighted by Crippen LogP contribution is -2.26. The average molecular weight is 486 g/mol. The minimum absolute atomic E-state index is 0.103.